The smallest absolute Gasteiger partial charge is 0.238 e. The van der Waals surface area contributed by atoms with Crippen molar-refractivity contribution >= 4 is 35.6 Å². The molecule has 4 nitrogen and oxygen atoms in total. The van der Waals surface area contributed by atoms with Crippen LogP contribution in [0.25, 0.3) is 0 Å². The fourth-order valence-electron chi connectivity index (χ4n) is 2.51. The van der Waals surface area contributed by atoms with Crippen molar-refractivity contribution in [3.05, 3.63) is 28.8 Å². The monoisotopic (exact) mass is 331 g/mol. The second kappa shape index (κ2) is 7.99. The van der Waals surface area contributed by atoms with Gasteiger partial charge in [0.05, 0.1) is 6.54 Å². The molecule has 0 saturated heterocycles. The highest BCUT2D eigenvalue weighted by Gasteiger charge is 2.33. The number of benzene rings is 1. The quantitative estimate of drug-likeness (QED) is 0.842. The summed E-state index contributed by atoms with van der Waals surface area (Å²) in [6.45, 7) is 2.90. The van der Waals surface area contributed by atoms with Crippen molar-refractivity contribution in [2.24, 2.45) is 11.7 Å². The van der Waals surface area contributed by atoms with E-state index in [2.05, 4.69) is 10.2 Å². The number of rotatable bonds is 6. The molecule has 1 aromatic carbocycles. The lowest BCUT2D eigenvalue weighted by Gasteiger charge is -2.26. The predicted molar refractivity (Wildman–Crippen MR) is 90.3 cm³/mol. The fourth-order valence-corrected chi connectivity index (χ4v) is 2.74. The van der Waals surface area contributed by atoms with Gasteiger partial charge in [0, 0.05) is 23.3 Å². The summed E-state index contributed by atoms with van der Waals surface area (Å²) in [7, 11) is 1.96. The number of carbonyl (C=O) groups excluding carboxylic acids is 1. The molecule has 21 heavy (non-hydrogen) atoms. The van der Waals surface area contributed by atoms with Crippen molar-refractivity contribution in [1.29, 1.82) is 0 Å². The van der Waals surface area contributed by atoms with Crippen LogP contribution < -0.4 is 11.1 Å². The van der Waals surface area contributed by atoms with Gasteiger partial charge in [-0.1, -0.05) is 11.6 Å². The zero-order valence-corrected chi connectivity index (χ0v) is 14.0. The first kappa shape index (κ1) is 18.2. The minimum absolute atomic E-state index is 0. The molecule has 0 heterocycles. The molecule has 1 aromatic rings. The van der Waals surface area contributed by atoms with Crippen molar-refractivity contribution in [2.75, 3.05) is 25.5 Å². The lowest BCUT2D eigenvalue weighted by molar-refractivity contribution is -0.117. The van der Waals surface area contributed by atoms with E-state index in [1.54, 1.807) is 6.07 Å². The number of anilines is 1. The summed E-state index contributed by atoms with van der Waals surface area (Å²) >= 11 is 5.91. The molecule has 0 aliphatic heterocycles. The number of nitrogens with one attached hydrogen (secondary N) is 1. The van der Waals surface area contributed by atoms with Crippen molar-refractivity contribution < 1.29 is 4.79 Å². The molecule has 1 amide bonds. The van der Waals surface area contributed by atoms with E-state index in [0.29, 0.717) is 30.1 Å². The number of amides is 1. The number of carbonyl (C=O) groups is 1. The Bertz CT molecular complexity index is 492. The molecule has 1 unspecified atom stereocenters. The second-order valence-corrected chi connectivity index (χ2v) is 6.00. The number of hydrogen-bond donors (Lipinski definition) is 2. The first-order valence-electron chi connectivity index (χ1n) is 6.97. The third-order valence-electron chi connectivity index (χ3n) is 3.83. The van der Waals surface area contributed by atoms with Crippen LogP contribution in [0.15, 0.2) is 18.2 Å². The molecule has 3 N–H and O–H groups in total. The van der Waals surface area contributed by atoms with Gasteiger partial charge < -0.3 is 11.1 Å². The molecule has 0 bridgehead atoms. The van der Waals surface area contributed by atoms with Gasteiger partial charge in [-0.15, -0.1) is 12.4 Å². The van der Waals surface area contributed by atoms with Gasteiger partial charge >= 0.3 is 0 Å². The Balaban J connectivity index is 0.00000220. The Hall–Kier alpha value is -0.810. The van der Waals surface area contributed by atoms with Gasteiger partial charge in [0.2, 0.25) is 5.91 Å². The molecule has 0 radical (unpaired) electrons. The topological polar surface area (TPSA) is 58.4 Å². The minimum atomic E-state index is -0.0166. The first-order valence-corrected chi connectivity index (χ1v) is 7.35. The maximum absolute atomic E-state index is 12.1. The van der Waals surface area contributed by atoms with E-state index in [9.17, 15) is 4.79 Å². The lowest BCUT2D eigenvalue weighted by Crippen LogP contribution is -2.43. The molecule has 6 heteroatoms. The molecule has 0 spiro atoms. The Morgan fingerprint density at radius 2 is 2.19 bits per heavy atom. The molecule has 1 fully saturated rings. The Kier molecular flexibility index (Phi) is 6.94. The Morgan fingerprint density at radius 3 is 2.71 bits per heavy atom. The van der Waals surface area contributed by atoms with E-state index >= 15 is 0 Å². The number of hydrogen-bond acceptors (Lipinski definition) is 3. The molecule has 118 valence electrons. The van der Waals surface area contributed by atoms with Crippen LogP contribution in [-0.2, 0) is 4.79 Å². The van der Waals surface area contributed by atoms with Crippen molar-refractivity contribution in [2.45, 2.75) is 25.8 Å². The van der Waals surface area contributed by atoms with Gasteiger partial charge in [0.1, 0.15) is 0 Å². The maximum atomic E-state index is 12.1. The van der Waals surface area contributed by atoms with E-state index in [4.69, 9.17) is 17.3 Å². The summed E-state index contributed by atoms with van der Waals surface area (Å²) in [6, 6.07) is 5.76. The molecule has 0 aromatic heterocycles. The van der Waals surface area contributed by atoms with E-state index < -0.39 is 0 Å². The third-order valence-corrected chi connectivity index (χ3v) is 4.06. The SMILES string of the molecule is Cc1cc(Cl)ccc1NC(=O)CN(C)C(CN)C1CC1.Cl. The average molecular weight is 332 g/mol. The predicted octanol–water partition coefficient (Wildman–Crippen LogP) is 2.68. The van der Waals surface area contributed by atoms with Crippen LogP contribution >= 0.6 is 24.0 Å². The number of aryl methyl sites for hydroxylation is 1. The van der Waals surface area contributed by atoms with Crippen LogP contribution in [-0.4, -0.2) is 37.0 Å². The molecule has 1 saturated carbocycles. The molecule has 1 aliphatic carbocycles. The number of halogens is 2. The standard InChI is InChI=1S/C15H22ClN3O.ClH/c1-10-7-12(16)5-6-13(10)18-15(20)9-19(2)14(8-17)11-3-4-11;/h5-7,11,14H,3-4,8-9,17H2,1-2H3,(H,18,20);1H. The first-order chi connectivity index (χ1) is 9.51. The van der Waals surface area contributed by atoms with Crippen LogP contribution in [0, 0.1) is 12.8 Å². The number of nitrogens with two attached hydrogens (primary N) is 1. The average Bonchev–Trinajstić information content (AvgIpc) is 3.18. The van der Waals surface area contributed by atoms with E-state index in [1.165, 1.54) is 12.8 Å². The summed E-state index contributed by atoms with van der Waals surface area (Å²) in [5, 5.41) is 3.60. The van der Waals surface area contributed by atoms with Gasteiger partial charge in [-0.3, -0.25) is 9.69 Å². The van der Waals surface area contributed by atoms with Crippen LogP contribution in [0.4, 0.5) is 5.69 Å². The minimum Gasteiger partial charge on any atom is -0.329 e. The van der Waals surface area contributed by atoms with Crippen molar-refractivity contribution in [3.63, 3.8) is 0 Å². The number of nitrogens with zero attached hydrogens (tertiary/aromatic N) is 1. The summed E-state index contributed by atoms with van der Waals surface area (Å²) < 4.78 is 0. The van der Waals surface area contributed by atoms with Crippen LogP contribution in [0.2, 0.25) is 5.02 Å². The molecular formula is C15H23Cl2N3O. The van der Waals surface area contributed by atoms with Gasteiger partial charge in [0.25, 0.3) is 0 Å². The molecule has 1 atom stereocenters. The molecule has 1 aliphatic rings. The summed E-state index contributed by atoms with van der Waals surface area (Å²) in [5.74, 6) is 0.645. The highest BCUT2D eigenvalue weighted by Crippen LogP contribution is 2.34. The van der Waals surface area contributed by atoms with Gasteiger partial charge in [-0.2, -0.15) is 0 Å². The lowest BCUT2D eigenvalue weighted by atomic mass is 10.1. The molecule has 2 rings (SSSR count). The van der Waals surface area contributed by atoms with Crippen LogP contribution in [0.5, 0.6) is 0 Å². The van der Waals surface area contributed by atoms with Gasteiger partial charge in [-0.05, 0) is 56.5 Å². The van der Waals surface area contributed by atoms with Gasteiger partial charge in [-0.25, -0.2) is 0 Å². The third kappa shape index (κ3) is 5.15. The highest BCUT2D eigenvalue weighted by molar-refractivity contribution is 6.30. The van der Waals surface area contributed by atoms with Crippen molar-refractivity contribution in [3.8, 4) is 0 Å². The van der Waals surface area contributed by atoms with Crippen molar-refractivity contribution in [1.82, 2.24) is 4.90 Å². The summed E-state index contributed by atoms with van der Waals surface area (Å²) in [6.07, 6.45) is 2.45. The molecular weight excluding hydrogens is 309 g/mol. The fraction of sp³-hybridized carbons (Fsp3) is 0.533. The Morgan fingerprint density at radius 1 is 1.52 bits per heavy atom. The van der Waals surface area contributed by atoms with E-state index in [-0.39, 0.29) is 18.3 Å². The van der Waals surface area contributed by atoms with Crippen LogP contribution in [0.1, 0.15) is 18.4 Å². The van der Waals surface area contributed by atoms with Gasteiger partial charge in [0.15, 0.2) is 0 Å². The van der Waals surface area contributed by atoms with Crippen LogP contribution in [0.3, 0.4) is 0 Å². The summed E-state index contributed by atoms with van der Waals surface area (Å²) in [4.78, 5) is 14.2. The van der Waals surface area contributed by atoms with E-state index in [1.807, 2.05) is 26.1 Å². The highest BCUT2D eigenvalue weighted by atomic mass is 35.5. The second-order valence-electron chi connectivity index (χ2n) is 5.56. The van der Waals surface area contributed by atoms with E-state index in [0.717, 1.165) is 11.3 Å². The maximum Gasteiger partial charge on any atom is 0.238 e. The Labute approximate surface area is 137 Å². The summed E-state index contributed by atoms with van der Waals surface area (Å²) in [5.41, 5.74) is 7.57. The zero-order valence-electron chi connectivity index (χ0n) is 12.4. The largest absolute Gasteiger partial charge is 0.329 e. The number of likely N-dealkylation sites (N-methyl/N-ethyl adjacent to an activating group) is 1. The normalized spacial score (nSPS) is 15.5. The zero-order chi connectivity index (χ0) is 14.7.